The van der Waals surface area contributed by atoms with Gasteiger partial charge in [0, 0.05) is 0 Å². The summed E-state index contributed by atoms with van der Waals surface area (Å²) in [6, 6.07) is 9.90. The summed E-state index contributed by atoms with van der Waals surface area (Å²) in [6.45, 7) is 9.28. The molecule has 11 heteroatoms. The van der Waals surface area contributed by atoms with E-state index in [1.165, 1.54) is 12.5 Å². The van der Waals surface area contributed by atoms with Crippen LogP contribution in [0.3, 0.4) is 0 Å². The van der Waals surface area contributed by atoms with Crippen LogP contribution in [0.4, 0.5) is 4.79 Å². The van der Waals surface area contributed by atoms with Gasteiger partial charge in [-0.15, -0.1) is 0 Å². The van der Waals surface area contributed by atoms with Gasteiger partial charge in [-0.1, -0.05) is 0 Å². The number of hydrogen-bond acceptors (Lipinski definition) is 7. The Hall–Kier alpha value is -3.67. The van der Waals surface area contributed by atoms with E-state index in [2.05, 4.69) is 22.9 Å². The summed E-state index contributed by atoms with van der Waals surface area (Å²) in [6.07, 6.45) is 1.98. The molecule has 3 aromatic rings. The van der Waals surface area contributed by atoms with Crippen LogP contribution in [0.5, 0.6) is 0 Å². The molecule has 2 aromatic heterocycles. The van der Waals surface area contributed by atoms with Gasteiger partial charge in [0.05, 0.1) is 0 Å². The summed E-state index contributed by atoms with van der Waals surface area (Å²) in [5.74, 6) is 3.61. The van der Waals surface area contributed by atoms with Crippen molar-refractivity contribution in [1.82, 2.24) is 19.8 Å². The second-order valence-corrected chi connectivity index (χ2v) is 23.9. The Morgan fingerprint density at radius 3 is 2.53 bits per heavy atom. The third kappa shape index (κ3) is 6.13. The first-order chi connectivity index (χ1) is 21.5. The van der Waals surface area contributed by atoms with Gasteiger partial charge in [-0.3, -0.25) is 0 Å². The quantitative estimate of drug-likeness (QED) is 0.129. The maximum atomic E-state index is 13.9. The molecule has 0 saturated carbocycles. The normalized spacial score (nSPS) is 16.9. The molecule has 240 valence electrons. The summed E-state index contributed by atoms with van der Waals surface area (Å²) in [5.41, 5.74) is 3.27. The van der Waals surface area contributed by atoms with Crippen molar-refractivity contribution in [1.29, 1.82) is 0 Å². The van der Waals surface area contributed by atoms with E-state index in [0.29, 0.717) is 43.0 Å². The molecular weight excluding hydrogens is 633 g/mol. The third-order valence-electron chi connectivity index (χ3n) is 9.41. The predicted octanol–water partition coefficient (Wildman–Crippen LogP) is 5.34. The first kappa shape index (κ1) is 32.7. The van der Waals surface area contributed by atoms with Gasteiger partial charge >= 0.3 is 267 Å². The van der Waals surface area contributed by atoms with Gasteiger partial charge in [0.2, 0.25) is 0 Å². The molecule has 0 spiro atoms. The molecule has 0 unspecified atom stereocenters. The van der Waals surface area contributed by atoms with Crippen LogP contribution < -0.4 is 10.9 Å². The average Bonchev–Trinajstić information content (AvgIpc) is 3.38. The Bertz CT molecular complexity index is 1710. The van der Waals surface area contributed by atoms with Crippen LogP contribution in [0.1, 0.15) is 62.8 Å². The van der Waals surface area contributed by atoms with E-state index in [9.17, 15) is 19.2 Å². The molecule has 0 radical (unpaired) electrons. The van der Waals surface area contributed by atoms with Crippen molar-refractivity contribution in [2.45, 2.75) is 87.7 Å². The Balaban J connectivity index is 1.46. The van der Waals surface area contributed by atoms with E-state index in [4.69, 9.17) is 14.5 Å². The van der Waals surface area contributed by atoms with Crippen LogP contribution in [0.25, 0.3) is 22.3 Å². The topological polar surface area (TPSA) is 120 Å². The van der Waals surface area contributed by atoms with Crippen molar-refractivity contribution < 1.29 is 23.9 Å². The number of aryl methyl sites for hydroxylation is 1. The first-order valence-corrected chi connectivity index (χ1v) is 23.2. The van der Waals surface area contributed by atoms with Crippen LogP contribution in [0, 0.1) is 0 Å². The number of ether oxygens (including phenoxy) is 2. The van der Waals surface area contributed by atoms with Gasteiger partial charge in [-0.05, 0) is 0 Å². The third-order valence-corrected chi connectivity index (χ3v) is 16.4. The van der Waals surface area contributed by atoms with Crippen molar-refractivity contribution in [2.24, 2.45) is 0 Å². The number of para-hydroxylation sites is 1. The molecule has 0 fully saturated rings. The van der Waals surface area contributed by atoms with Crippen molar-refractivity contribution in [3.8, 4) is 11.4 Å². The number of amides is 2. The summed E-state index contributed by atoms with van der Waals surface area (Å²) >= 11 is -2.22. The van der Waals surface area contributed by atoms with E-state index in [-0.39, 0.29) is 24.6 Å². The molecule has 1 aromatic carbocycles. The van der Waals surface area contributed by atoms with Gasteiger partial charge < -0.3 is 0 Å². The number of pyridine rings is 2. The van der Waals surface area contributed by atoms with E-state index >= 15 is 0 Å². The zero-order chi connectivity index (χ0) is 32.5. The van der Waals surface area contributed by atoms with Gasteiger partial charge in [0.1, 0.15) is 0 Å². The molecular formula is C34H44GeN4O6. The molecule has 2 aliphatic heterocycles. The zero-order valence-electron chi connectivity index (χ0n) is 27.2. The number of urea groups is 1. The van der Waals surface area contributed by atoms with E-state index in [1.54, 1.807) is 16.4 Å². The van der Waals surface area contributed by atoms with Crippen molar-refractivity contribution >= 4 is 42.1 Å². The summed E-state index contributed by atoms with van der Waals surface area (Å²) < 4.78 is 12.7. The number of rotatable bonds is 11. The Morgan fingerprint density at radius 1 is 1.11 bits per heavy atom. The van der Waals surface area contributed by atoms with Crippen LogP contribution in [-0.4, -0.2) is 65.3 Å². The monoisotopic (exact) mass is 678 g/mol. The fourth-order valence-corrected chi connectivity index (χ4v) is 11.6. The van der Waals surface area contributed by atoms with Gasteiger partial charge in [0.25, 0.3) is 0 Å². The van der Waals surface area contributed by atoms with E-state index in [1.807, 2.05) is 38.1 Å². The number of nitrogens with one attached hydrogen (secondary N) is 1. The minimum absolute atomic E-state index is 0.000533. The van der Waals surface area contributed by atoms with Crippen molar-refractivity contribution in [2.75, 3.05) is 19.6 Å². The second-order valence-electron chi connectivity index (χ2n) is 12.8. The molecule has 10 nitrogen and oxygen atoms in total. The van der Waals surface area contributed by atoms with Gasteiger partial charge in [-0.25, -0.2) is 0 Å². The van der Waals surface area contributed by atoms with Crippen LogP contribution >= 0.6 is 0 Å². The molecule has 2 aliphatic rings. The number of hydrogen-bond donors (Lipinski definition) is 1. The molecule has 2 amide bonds. The minimum atomic E-state index is -2.22. The van der Waals surface area contributed by atoms with E-state index in [0.717, 1.165) is 45.5 Å². The molecule has 0 saturated heterocycles. The number of nitrogens with zero attached hydrogens (tertiary/aromatic N) is 3. The fraction of sp³-hybridized carbons (Fsp3) is 0.500. The molecule has 45 heavy (non-hydrogen) atoms. The van der Waals surface area contributed by atoms with Crippen molar-refractivity contribution in [3.63, 3.8) is 0 Å². The maximum absolute atomic E-state index is 13.9. The number of fused-ring (bicyclic) bond motifs is 5. The van der Waals surface area contributed by atoms with Gasteiger partial charge in [-0.2, -0.15) is 0 Å². The summed E-state index contributed by atoms with van der Waals surface area (Å²) in [5, 5.41) is 6.40. The van der Waals surface area contributed by atoms with Crippen molar-refractivity contribution in [3.05, 3.63) is 62.9 Å². The number of carbonyl (C=O) groups excluding carboxylic acids is 3. The SMILES string of the molecule is CCN(CC)C(=O)NCC[CH2][Ge]([CH3])([CH3])[CH2]Cc1c2c(nc3ccccc13)-c1cc3c(c(=O)n1C2)COC(=O)[C@@]3(CC)OC(C)=O. The molecule has 0 bridgehead atoms. The van der Waals surface area contributed by atoms with E-state index < -0.39 is 30.8 Å². The number of esters is 2. The molecule has 0 aliphatic carbocycles. The van der Waals surface area contributed by atoms with Gasteiger partial charge in [0.15, 0.2) is 0 Å². The predicted molar refractivity (Wildman–Crippen MR) is 176 cm³/mol. The Kier molecular flexibility index (Phi) is 9.44. The number of aromatic nitrogens is 2. The number of cyclic esters (lactones) is 1. The Labute approximate surface area is 266 Å². The number of benzene rings is 1. The standard InChI is InChI=1S/C34H44GeN4O6/c1-7-34(45-22(4)40)27-19-29-30-25(20-39(29)31(41)26(27)21-44-32(34)42)23(24-13-10-11-14-28(24)37-30)15-17-35(5,6)16-12-18-36-33(43)38(8-2)9-3/h10-11,13-14,19H,7-9,12,15-18,20-21H2,1-6H3,(H,36,43)/t34-/m0/s1. The molecule has 5 rings (SSSR count). The molecule has 4 heterocycles. The average molecular weight is 677 g/mol. The summed E-state index contributed by atoms with van der Waals surface area (Å²) in [4.78, 5) is 58.3. The second kappa shape index (κ2) is 13.0. The number of carbonyl (C=O) groups is 3. The zero-order valence-corrected chi connectivity index (χ0v) is 29.3. The molecule has 1 atom stereocenters. The van der Waals surface area contributed by atoms with Crippen LogP contribution in [0.15, 0.2) is 35.1 Å². The van der Waals surface area contributed by atoms with Crippen LogP contribution in [-0.2, 0) is 44.2 Å². The fourth-order valence-electron chi connectivity index (χ4n) is 6.77. The Morgan fingerprint density at radius 2 is 1.84 bits per heavy atom. The summed E-state index contributed by atoms with van der Waals surface area (Å²) in [7, 11) is 0. The molecule has 1 N–H and O–H groups in total. The first-order valence-electron chi connectivity index (χ1n) is 16.0. The van der Waals surface area contributed by atoms with Crippen LogP contribution in [0.2, 0.25) is 22.0 Å².